The highest BCUT2D eigenvalue weighted by Gasteiger charge is 2.27. The third kappa shape index (κ3) is 4.26. The van der Waals surface area contributed by atoms with Crippen LogP contribution in [0.1, 0.15) is 30.5 Å². The van der Waals surface area contributed by atoms with E-state index in [2.05, 4.69) is 9.88 Å². The predicted octanol–water partition coefficient (Wildman–Crippen LogP) is 1.12. The molecule has 6 heteroatoms. The molecule has 1 N–H and O–H groups in total. The van der Waals surface area contributed by atoms with Crippen LogP contribution in [0.4, 0.5) is 0 Å². The van der Waals surface area contributed by atoms with Crippen LogP contribution in [0.2, 0.25) is 0 Å². The Morgan fingerprint density at radius 3 is 2.75 bits per heavy atom. The molecule has 2 rings (SSSR count). The van der Waals surface area contributed by atoms with Crippen molar-refractivity contribution in [2.24, 2.45) is 0 Å². The van der Waals surface area contributed by atoms with Crippen molar-refractivity contribution in [3.63, 3.8) is 0 Å². The molecule has 1 aliphatic rings. The Hall–Kier alpha value is -0.980. The van der Waals surface area contributed by atoms with Crippen LogP contribution in [0.15, 0.2) is 5.38 Å². The van der Waals surface area contributed by atoms with E-state index in [1.807, 2.05) is 12.3 Å². The first-order valence-electron chi connectivity index (χ1n) is 6.94. The van der Waals surface area contributed by atoms with Crippen molar-refractivity contribution < 1.29 is 9.90 Å². The number of rotatable bonds is 4. The summed E-state index contributed by atoms with van der Waals surface area (Å²) in [5.41, 5.74) is 0.514. The Morgan fingerprint density at radius 2 is 2.15 bits per heavy atom. The molecule has 0 aliphatic carbocycles. The lowest BCUT2D eigenvalue weighted by Crippen LogP contribution is -2.42. The van der Waals surface area contributed by atoms with Gasteiger partial charge in [0, 0.05) is 39.1 Å². The molecule has 0 radical (unpaired) electrons. The quantitative estimate of drug-likeness (QED) is 0.905. The van der Waals surface area contributed by atoms with E-state index in [0.29, 0.717) is 6.42 Å². The maximum Gasteiger partial charge on any atom is 0.228 e. The zero-order valence-electron chi connectivity index (χ0n) is 12.4. The van der Waals surface area contributed by atoms with Crippen molar-refractivity contribution in [2.75, 3.05) is 27.2 Å². The fourth-order valence-electron chi connectivity index (χ4n) is 2.21. The Kier molecular flexibility index (Phi) is 4.78. The second-order valence-electron chi connectivity index (χ2n) is 5.97. The molecule has 2 heterocycles. The summed E-state index contributed by atoms with van der Waals surface area (Å²) in [7, 11) is 3.52. The van der Waals surface area contributed by atoms with Crippen LogP contribution in [0.5, 0.6) is 0 Å². The average molecular weight is 297 g/mol. The lowest BCUT2D eigenvalue weighted by molar-refractivity contribution is -0.127. The Bertz CT molecular complexity index is 461. The minimum atomic E-state index is -0.512. The molecule has 0 spiro atoms. The molecule has 0 atom stereocenters. The Labute approximate surface area is 124 Å². The number of amides is 1. The third-order valence-corrected chi connectivity index (χ3v) is 4.62. The summed E-state index contributed by atoms with van der Waals surface area (Å²) in [5.74, 6) is 0.0833. The maximum absolute atomic E-state index is 11.6. The number of likely N-dealkylation sites (tertiary alicyclic amines) is 1. The molecule has 1 aliphatic heterocycles. The molecule has 0 aromatic carbocycles. The van der Waals surface area contributed by atoms with Crippen LogP contribution in [-0.4, -0.2) is 58.6 Å². The van der Waals surface area contributed by atoms with Crippen LogP contribution in [0, 0.1) is 0 Å². The van der Waals surface area contributed by atoms with Gasteiger partial charge in [0.25, 0.3) is 0 Å². The first kappa shape index (κ1) is 15.4. The lowest BCUT2D eigenvalue weighted by atomic mass is 9.94. The molecule has 0 unspecified atom stereocenters. The van der Waals surface area contributed by atoms with Crippen molar-refractivity contribution in [2.45, 2.75) is 38.3 Å². The summed E-state index contributed by atoms with van der Waals surface area (Å²) in [6.07, 6.45) is 2.00. The minimum Gasteiger partial charge on any atom is -0.390 e. The molecule has 0 bridgehead atoms. The zero-order valence-corrected chi connectivity index (χ0v) is 13.2. The van der Waals surface area contributed by atoms with Gasteiger partial charge in [-0.05, 0) is 19.8 Å². The van der Waals surface area contributed by atoms with Crippen LogP contribution >= 0.6 is 11.3 Å². The highest BCUT2D eigenvalue weighted by molar-refractivity contribution is 7.09. The minimum absolute atomic E-state index is 0.0833. The summed E-state index contributed by atoms with van der Waals surface area (Å²) >= 11 is 1.55. The molecule has 112 valence electrons. The SMILES string of the molecule is CN(C)C(=O)Cc1nc(CN2CCC(C)(O)CC2)cs1. The number of piperidine rings is 1. The van der Waals surface area contributed by atoms with E-state index in [9.17, 15) is 9.90 Å². The fraction of sp³-hybridized carbons (Fsp3) is 0.714. The highest BCUT2D eigenvalue weighted by Crippen LogP contribution is 2.22. The second-order valence-corrected chi connectivity index (χ2v) is 6.91. The van der Waals surface area contributed by atoms with E-state index in [-0.39, 0.29) is 5.91 Å². The van der Waals surface area contributed by atoms with Gasteiger partial charge in [-0.25, -0.2) is 4.98 Å². The van der Waals surface area contributed by atoms with Gasteiger partial charge in [-0.15, -0.1) is 11.3 Å². The van der Waals surface area contributed by atoms with Crippen LogP contribution in [-0.2, 0) is 17.8 Å². The van der Waals surface area contributed by atoms with Crippen LogP contribution in [0.25, 0.3) is 0 Å². The molecule has 1 aromatic rings. The van der Waals surface area contributed by atoms with Crippen molar-refractivity contribution in [3.05, 3.63) is 16.1 Å². The van der Waals surface area contributed by atoms with Gasteiger partial charge in [-0.3, -0.25) is 9.69 Å². The van der Waals surface area contributed by atoms with Crippen molar-refractivity contribution in [1.29, 1.82) is 0 Å². The highest BCUT2D eigenvalue weighted by atomic mass is 32.1. The van der Waals surface area contributed by atoms with Crippen molar-refractivity contribution >= 4 is 17.2 Å². The normalized spacial score (nSPS) is 19.0. The van der Waals surface area contributed by atoms with Gasteiger partial charge >= 0.3 is 0 Å². The molecule has 0 saturated carbocycles. The third-order valence-electron chi connectivity index (χ3n) is 3.72. The molecule has 1 aromatic heterocycles. The van der Waals surface area contributed by atoms with Crippen molar-refractivity contribution in [3.8, 4) is 0 Å². The van der Waals surface area contributed by atoms with E-state index in [1.165, 1.54) is 0 Å². The summed E-state index contributed by atoms with van der Waals surface area (Å²) in [4.78, 5) is 20.1. The molecule has 20 heavy (non-hydrogen) atoms. The molecular formula is C14H23N3O2S. The van der Waals surface area contributed by atoms with E-state index in [4.69, 9.17) is 0 Å². The number of carbonyl (C=O) groups excluding carboxylic acids is 1. The number of nitrogens with zero attached hydrogens (tertiary/aromatic N) is 3. The smallest absolute Gasteiger partial charge is 0.228 e. The fourth-order valence-corrected chi connectivity index (χ4v) is 2.99. The van der Waals surface area contributed by atoms with Gasteiger partial charge in [0.1, 0.15) is 5.01 Å². The molecular weight excluding hydrogens is 274 g/mol. The van der Waals surface area contributed by atoms with E-state index < -0.39 is 5.60 Å². The van der Waals surface area contributed by atoms with E-state index in [0.717, 1.165) is 43.2 Å². The first-order chi connectivity index (χ1) is 9.35. The Balaban J connectivity index is 1.86. The zero-order chi connectivity index (χ0) is 14.8. The van der Waals surface area contributed by atoms with Gasteiger partial charge in [0.05, 0.1) is 17.7 Å². The topological polar surface area (TPSA) is 56.7 Å². The summed E-state index contributed by atoms with van der Waals surface area (Å²) in [5, 5.41) is 12.8. The Morgan fingerprint density at radius 1 is 1.50 bits per heavy atom. The summed E-state index contributed by atoms with van der Waals surface area (Å²) < 4.78 is 0. The summed E-state index contributed by atoms with van der Waals surface area (Å²) in [6.45, 7) is 4.51. The number of thiazole rings is 1. The average Bonchev–Trinajstić information content (AvgIpc) is 2.79. The number of aromatic nitrogens is 1. The van der Waals surface area contributed by atoms with Gasteiger partial charge < -0.3 is 10.0 Å². The first-order valence-corrected chi connectivity index (χ1v) is 7.82. The standard InChI is InChI=1S/C14H23N3O2S/c1-14(19)4-6-17(7-5-14)9-11-10-20-12(15-11)8-13(18)16(2)3/h10,19H,4-9H2,1-3H3. The number of likely N-dealkylation sites (N-methyl/N-ethyl adjacent to an activating group) is 1. The van der Waals surface area contributed by atoms with Gasteiger partial charge in [0.15, 0.2) is 0 Å². The predicted molar refractivity (Wildman–Crippen MR) is 79.6 cm³/mol. The molecule has 1 saturated heterocycles. The van der Waals surface area contributed by atoms with E-state index >= 15 is 0 Å². The van der Waals surface area contributed by atoms with Gasteiger partial charge in [-0.1, -0.05) is 0 Å². The monoisotopic (exact) mass is 297 g/mol. The van der Waals surface area contributed by atoms with Crippen LogP contribution < -0.4 is 0 Å². The molecule has 5 nitrogen and oxygen atoms in total. The van der Waals surface area contributed by atoms with Crippen LogP contribution in [0.3, 0.4) is 0 Å². The van der Waals surface area contributed by atoms with Crippen molar-refractivity contribution in [1.82, 2.24) is 14.8 Å². The lowest BCUT2D eigenvalue weighted by Gasteiger charge is -2.35. The molecule has 1 fully saturated rings. The van der Waals surface area contributed by atoms with Gasteiger partial charge in [0.2, 0.25) is 5.91 Å². The summed E-state index contributed by atoms with van der Waals surface area (Å²) in [6, 6.07) is 0. The number of carbonyl (C=O) groups is 1. The van der Waals surface area contributed by atoms with Gasteiger partial charge in [-0.2, -0.15) is 0 Å². The number of aliphatic hydroxyl groups is 1. The maximum atomic E-state index is 11.6. The second kappa shape index (κ2) is 6.20. The number of hydrogen-bond acceptors (Lipinski definition) is 5. The largest absolute Gasteiger partial charge is 0.390 e. The number of hydrogen-bond donors (Lipinski definition) is 1. The molecule has 1 amide bonds. The van der Waals surface area contributed by atoms with E-state index in [1.54, 1.807) is 30.3 Å².